The molecule has 2 aromatic rings. The van der Waals surface area contributed by atoms with Gasteiger partial charge in [0.15, 0.2) is 5.75 Å². The quantitative estimate of drug-likeness (QED) is 0.787. The number of pyridine rings is 1. The van der Waals surface area contributed by atoms with Crippen LogP contribution in [0, 0.1) is 0 Å². The lowest BCUT2D eigenvalue weighted by atomic mass is 10.2. The topological polar surface area (TPSA) is 39.2 Å². The van der Waals surface area contributed by atoms with E-state index in [1.54, 1.807) is 6.92 Å². The van der Waals surface area contributed by atoms with E-state index in [1.165, 1.54) is 6.20 Å². The van der Waals surface area contributed by atoms with Crippen LogP contribution in [0.2, 0.25) is 5.02 Å². The second kappa shape index (κ2) is 5.02. The van der Waals surface area contributed by atoms with Crippen molar-refractivity contribution in [2.45, 2.75) is 13.3 Å². The average molecular weight is 315 g/mol. The van der Waals surface area contributed by atoms with E-state index in [0.717, 1.165) is 15.4 Å². The van der Waals surface area contributed by atoms with E-state index in [1.807, 2.05) is 18.2 Å². The Hall–Kier alpha value is -1.13. The van der Waals surface area contributed by atoms with Crippen LogP contribution in [0.1, 0.15) is 13.3 Å². The zero-order valence-electron chi connectivity index (χ0n) is 9.04. The summed E-state index contributed by atoms with van der Waals surface area (Å²) in [4.78, 5) is 15.4. The van der Waals surface area contributed by atoms with Gasteiger partial charge in [0, 0.05) is 16.3 Å². The molecule has 17 heavy (non-hydrogen) atoms. The van der Waals surface area contributed by atoms with Crippen LogP contribution in [0.5, 0.6) is 5.75 Å². The molecule has 0 aliphatic heterocycles. The highest BCUT2D eigenvalue weighted by atomic mass is 79.9. The summed E-state index contributed by atoms with van der Waals surface area (Å²) in [6.07, 6.45) is 1.76. The van der Waals surface area contributed by atoms with Gasteiger partial charge in [-0.3, -0.25) is 9.78 Å². The molecule has 0 N–H and O–H groups in total. The number of benzene rings is 1. The number of esters is 1. The molecule has 0 unspecified atom stereocenters. The summed E-state index contributed by atoms with van der Waals surface area (Å²) in [5.41, 5.74) is 0.759. The molecule has 0 spiro atoms. The maximum absolute atomic E-state index is 11.2. The third-order valence-corrected chi connectivity index (χ3v) is 3.13. The zero-order valence-corrected chi connectivity index (χ0v) is 11.4. The highest BCUT2D eigenvalue weighted by Gasteiger charge is 2.11. The van der Waals surface area contributed by atoms with Crippen molar-refractivity contribution in [2.75, 3.05) is 0 Å². The summed E-state index contributed by atoms with van der Waals surface area (Å²) in [6.45, 7) is 1.72. The number of carbonyl (C=O) groups is 1. The van der Waals surface area contributed by atoms with E-state index in [9.17, 15) is 4.79 Å². The molecule has 1 heterocycles. The van der Waals surface area contributed by atoms with Crippen molar-refractivity contribution in [2.24, 2.45) is 0 Å². The van der Waals surface area contributed by atoms with E-state index in [-0.39, 0.29) is 5.97 Å². The van der Waals surface area contributed by atoms with Crippen molar-refractivity contribution in [3.8, 4) is 5.75 Å². The van der Waals surface area contributed by atoms with Crippen molar-refractivity contribution < 1.29 is 9.53 Å². The third kappa shape index (κ3) is 2.58. The number of aromatic nitrogens is 1. The third-order valence-electron chi connectivity index (χ3n) is 2.24. The molecule has 1 aromatic carbocycles. The number of halogens is 2. The lowest BCUT2D eigenvalue weighted by molar-refractivity contribution is -0.134. The molecule has 0 saturated heterocycles. The Morgan fingerprint density at radius 3 is 3.00 bits per heavy atom. The molecule has 0 aliphatic carbocycles. The number of hydrogen-bond donors (Lipinski definition) is 0. The van der Waals surface area contributed by atoms with Gasteiger partial charge in [-0.25, -0.2) is 0 Å². The number of nitrogens with zero attached hydrogens (tertiary/aromatic N) is 1. The van der Waals surface area contributed by atoms with Crippen LogP contribution in [0.25, 0.3) is 10.9 Å². The lowest BCUT2D eigenvalue weighted by Gasteiger charge is -2.07. The Kier molecular flexibility index (Phi) is 3.64. The van der Waals surface area contributed by atoms with Crippen molar-refractivity contribution in [3.05, 3.63) is 33.9 Å². The maximum atomic E-state index is 11.2. The van der Waals surface area contributed by atoms with Crippen LogP contribution in [0.15, 0.2) is 28.9 Å². The first kappa shape index (κ1) is 12.3. The fourth-order valence-electron chi connectivity index (χ4n) is 1.38. The van der Waals surface area contributed by atoms with Crippen molar-refractivity contribution >= 4 is 44.4 Å². The highest BCUT2D eigenvalue weighted by molar-refractivity contribution is 9.10. The molecule has 2 rings (SSSR count). The minimum atomic E-state index is -0.331. The van der Waals surface area contributed by atoms with Gasteiger partial charge >= 0.3 is 5.97 Å². The molecule has 1 aromatic heterocycles. The maximum Gasteiger partial charge on any atom is 0.311 e. The molecule has 3 nitrogen and oxygen atoms in total. The van der Waals surface area contributed by atoms with Gasteiger partial charge in [0.2, 0.25) is 0 Å². The van der Waals surface area contributed by atoms with Crippen LogP contribution < -0.4 is 4.74 Å². The van der Waals surface area contributed by atoms with Crippen LogP contribution in [-0.4, -0.2) is 11.0 Å². The van der Waals surface area contributed by atoms with Gasteiger partial charge in [0.05, 0.1) is 16.7 Å². The summed E-state index contributed by atoms with van der Waals surface area (Å²) in [6, 6.07) is 5.56. The van der Waals surface area contributed by atoms with Gasteiger partial charge < -0.3 is 4.74 Å². The van der Waals surface area contributed by atoms with E-state index in [0.29, 0.717) is 17.2 Å². The van der Waals surface area contributed by atoms with Gasteiger partial charge in [-0.2, -0.15) is 0 Å². The molecule has 88 valence electrons. The van der Waals surface area contributed by atoms with Gasteiger partial charge in [0.25, 0.3) is 0 Å². The number of rotatable bonds is 2. The molecule has 0 fully saturated rings. The average Bonchev–Trinajstić information content (AvgIpc) is 2.33. The van der Waals surface area contributed by atoms with E-state index in [2.05, 4.69) is 20.9 Å². The number of hydrogen-bond acceptors (Lipinski definition) is 3. The molecule has 0 bridgehead atoms. The van der Waals surface area contributed by atoms with Gasteiger partial charge in [-0.1, -0.05) is 34.5 Å². The molecule has 0 amide bonds. The first-order valence-electron chi connectivity index (χ1n) is 5.06. The molecule has 0 saturated carbocycles. The zero-order chi connectivity index (χ0) is 12.4. The van der Waals surface area contributed by atoms with Crippen molar-refractivity contribution in [1.82, 2.24) is 4.98 Å². The normalized spacial score (nSPS) is 10.5. The molecular weight excluding hydrogens is 305 g/mol. The smallest absolute Gasteiger partial charge is 0.311 e. The predicted molar refractivity (Wildman–Crippen MR) is 70.4 cm³/mol. The standard InChI is InChI=1S/C12H9BrClNO2/c1-2-11(16)17-10-6-15-9-4-3-7(13)5-8(9)12(10)14/h3-6H,2H2,1H3. The Bertz CT molecular complexity index is 586. The van der Waals surface area contributed by atoms with Crippen LogP contribution >= 0.6 is 27.5 Å². The SMILES string of the molecule is CCC(=O)Oc1cnc2ccc(Br)cc2c1Cl. The summed E-state index contributed by atoms with van der Waals surface area (Å²) in [5.74, 6) is -0.0350. The number of carbonyl (C=O) groups excluding carboxylic acids is 1. The minimum absolute atomic E-state index is 0.295. The number of fused-ring (bicyclic) bond motifs is 1. The highest BCUT2D eigenvalue weighted by Crippen LogP contribution is 2.32. The molecule has 0 radical (unpaired) electrons. The molecule has 0 atom stereocenters. The first-order valence-corrected chi connectivity index (χ1v) is 6.23. The van der Waals surface area contributed by atoms with E-state index >= 15 is 0 Å². The predicted octanol–water partition coefficient (Wildman–Crippen LogP) is 3.97. The Morgan fingerprint density at radius 1 is 1.53 bits per heavy atom. The summed E-state index contributed by atoms with van der Waals surface area (Å²) in [5, 5.41) is 1.15. The minimum Gasteiger partial charge on any atom is -0.423 e. The van der Waals surface area contributed by atoms with Crippen molar-refractivity contribution in [3.63, 3.8) is 0 Å². The summed E-state index contributed by atoms with van der Waals surface area (Å²) < 4.78 is 5.99. The first-order chi connectivity index (χ1) is 8.11. The molecule has 0 aliphatic rings. The van der Waals surface area contributed by atoms with Gasteiger partial charge in [0.1, 0.15) is 0 Å². The Balaban J connectivity index is 2.52. The second-order valence-electron chi connectivity index (χ2n) is 3.43. The molecule has 5 heteroatoms. The fourth-order valence-corrected chi connectivity index (χ4v) is 1.98. The summed E-state index contributed by atoms with van der Waals surface area (Å²) in [7, 11) is 0. The second-order valence-corrected chi connectivity index (χ2v) is 4.72. The van der Waals surface area contributed by atoms with E-state index < -0.39 is 0 Å². The van der Waals surface area contributed by atoms with Crippen LogP contribution in [-0.2, 0) is 4.79 Å². The fraction of sp³-hybridized carbons (Fsp3) is 0.167. The van der Waals surface area contributed by atoms with Crippen molar-refractivity contribution in [1.29, 1.82) is 0 Å². The largest absolute Gasteiger partial charge is 0.423 e. The molecular formula is C12H9BrClNO2. The van der Waals surface area contributed by atoms with Gasteiger partial charge in [-0.15, -0.1) is 0 Å². The monoisotopic (exact) mass is 313 g/mol. The van der Waals surface area contributed by atoms with Crippen LogP contribution in [0.3, 0.4) is 0 Å². The lowest BCUT2D eigenvalue weighted by Crippen LogP contribution is -2.06. The summed E-state index contributed by atoms with van der Waals surface area (Å²) >= 11 is 9.54. The van der Waals surface area contributed by atoms with E-state index in [4.69, 9.17) is 16.3 Å². The Morgan fingerprint density at radius 2 is 2.29 bits per heavy atom. The Labute approximate surface area is 112 Å². The number of ether oxygens (including phenoxy) is 1. The van der Waals surface area contributed by atoms with Gasteiger partial charge in [-0.05, 0) is 18.2 Å². The van der Waals surface area contributed by atoms with Crippen LogP contribution in [0.4, 0.5) is 0 Å².